The van der Waals surface area contributed by atoms with Gasteiger partial charge in [0.05, 0.1) is 11.7 Å². The van der Waals surface area contributed by atoms with Gasteiger partial charge in [-0.3, -0.25) is 0 Å². The molecule has 1 fully saturated rings. The summed E-state index contributed by atoms with van der Waals surface area (Å²) in [6, 6.07) is 16.4. The second-order valence-corrected chi connectivity index (χ2v) is 5.18. The molecule has 1 aromatic heterocycles. The van der Waals surface area contributed by atoms with E-state index < -0.39 is 0 Å². The summed E-state index contributed by atoms with van der Waals surface area (Å²) < 4.78 is 5.86. The van der Waals surface area contributed by atoms with Crippen LogP contribution in [0.15, 0.2) is 48.7 Å². The maximum absolute atomic E-state index is 8.78. The molecule has 2 heterocycles. The molecule has 1 N–H and O–H groups in total. The van der Waals surface area contributed by atoms with Gasteiger partial charge < -0.3 is 10.1 Å². The summed E-state index contributed by atoms with van der Waals surface area (Å²) in [5.74, 6) is 0.813. The van der Waals surface area contributed by atoms with Crippen LogP contribution in [0.4, 0.5) is 5.82 Å². The fourth-order valence-electron chi connectivity index (χ4n) is 2.58. The van der Waals surface area contributed by atoms with Gasteiger partial charge in [0.15, 0.2) is 0 Å². The van der Waals surface area contributed by atoms with E-state index in [1.54, 1.807) is 12.3 Å². The van der Waals surface area contributed by atoms with Crippen molar-refractivity contribution >= 4 is 5.82 Å². The molecule has 4 nitrogen and oxygen atoms in total. The lowest BCUT2D eigenvalue weighted by Gasteiger charge is -2.30. The van der Waals surface area contributed by atoms with Gasteiger partial charge in [-0.05, 0) is 30.5 Å². The number of nitrogens with zero attached hydrogens (tertiary/aromatic N) is 2. The van der Waals surface area contributed by atoms with Crippen LogP contribution in [0, 0.1) is 11.3 Å². The van der Waals surface area contributed by atoms with Crippen LogP contribution in [-0.2, 0) is 4.74 Å². The molecular formula is C17H17N3O. The highest BCUT2D eigenvalue weighted by Crippen LogP contribution is 2.29. The first-order valence-electron chi connectivity index (χ1n) is 7.14. The number of hydrogen-bond acceptors (Lipinski definition) is 4. The first kappa shape index (κ1) is 13.6. The molecular weight excluding hydrogens is 262 g/mol. The minimum absolute atomic E-state index is 0.135. The summed E-state index contributed by atoms with van der Waals surface area (Å²) in [5, 5.41) is 12.2. The van der Waals surface area contributed by atoms with E-state index in [1.165, 1.54) is 5.56 Å². The van der Waals surface area contributed by atoms with Crippen molar-refractivity contribution in [1.82, 2.24) is 4.98 Å². The molecule has 0 aliphatic carbocycles. The fraction of sp³-hybridized carbons (Fsp3) is 0.294. The van der Waals surface area contributed by atoms with Gasteiger partial charge in [-0.1, -0.05) is 30.3 Å². The van der Waals surface area contributed by atoms with Gasteiger partial charge in [-0.25, -0.2) is 4.98 Å². The molecule has 0 radical (unpaired) electrons. The summed E-state index contributed by atoms with van der Waals surface area (Å²) in [7, 11) is 0. The Morgan fingerprint density at radius 2 is 2.05 bits per heavy atom. The second kappa shape index (κ2) is 6.38. The third-order valence-corrected chi connectivity index (χ3v) is 3.70. The third kappa shape index (κ3) is 3.39. The molecule has 0 spiro atoms. The quantitative estimate of drug-likeness (QED) is 0.936. The highest BCUT2D eigenvalue weighted by molar-refractivity contribution is 5.40. The molecule has 2 unspecified atom stereocenters. The number of benzene rings is 1. The molecule has 1 aliphatic rings. The van der Waals surface area contributed by atoms with Crippen molar-refractivity contribution in [3.8, 4) is 6.07 Å². The Balaban J connectivity index is 1.64. The Morgan fingerprint density at radius 3 is 2.76 bits per heavy atom. The Labute approximate surface area is 124 Å². The lowest BCUT2D eigenvalue weighted by molar-refractivity contribution is 0.00974. The third-order valence-electron chi connectivity index (χ3n) is 3.70. The molecule has 1 saturated heterocycles. The summed E-state index contributed by atoms with van der Waals surface area (Å²) in [6.45, 7) is 0.744. The molecule has 3 rings (SSSR count). The smallest absolute Gasteiger partial charge is 0.126 e. The van der Waals surface area contributed by atoms with E-state index in [4.69, 9.17) is 10.00 Å². The average molecular weight is 279 g/mol. The van der Waals surface area contributed by atoms with Crippen LogP contribution in [0.5, 0.6) is 0 Å². The van der Waals surface area contributed by atoms with Crippen LogP contribution in [0.3, 0.4) is 0 Å². The Morgan fingerprint density at radius 1 is 1.19 bits per heavy atom. The zero-order valence-corrected chi connectivity index (χ0v) is 11.7. The monoisotopic (exact) mass is 279 g/mol. The van der Waals surface area contributed by atoms with Gasteiger partial charge in [0, 0.05) is 18.8 Å². The van der Waals surface area contributed by atoms with Crippen LogP contribution in [0.1, 0.15) is 30.1 Å². The molecule has 1 aliphatic heterocycles. The van der Waals surface area contributed by atoms with Crippen molar-refractivity contribution in [3.05, 3.63) is 59.8 Å². The van der Waals surface area contributed by atoms with Gasteiger partial charge in [0.1, 0.15) is 11.9 Å². The van der Waals surface area contributed by atoms with E-state index in [2.05, 4.69) is 28.5 Å². The number of anilines is 1. The van der Waals surface area contributed by atoms with Crippen LogP contribution in [0.25, 0.3) is 0 Å². The molecule has 106 valence electrons. The summed E-state index contributed by atoms with van der Waals surface area (Å²) >= 11 is 0. The Kier molecular flexibility index (Phi) is 4.13. The van der Waals surface area contributed by atoms with Gasteiger partial charge in [-0.15, -0.1) is 0 Å². The van der Waals surface area contributed by atoms with E-state index in [1.807, 2.05) is 24.3 Å². The first-order valence-corrected chi connectivity index (χ1v) is 7.14. The maximum atomic E-state index is 8.78. The number of aromatic nitrogens is 1. The van der Waals surface area contributed by atoms with Crippen LogP contribution in [-0.4, -0.2) is 17.6 Å². The van der Waals surface area contributed by atoms with Crippen LogP contribution in [0.2, 0.25) is 0 Å². The maximum Gasteiger partial charge on any atom is 0.126 e. The average Bonchev–Trinajstić information content (AvgIpc) is 2.57. The SMILES string of the molecule is N#Cc1ccc(NC2CCOC(c3ccccc3)C2)nc1. The van der Waals surface area contributed by atoms with Crippen LogP contribution >= 0.6 is 0 Å². The van der Waals surface area contributed by atoms with Gasteiger partial charge >= 0.3 is 0 Å². The largest absolute Gasteiger partial charge is 0.373 e. The van der Waals surface area contributed by atoms with E-state index >= 15 is 0 Å². The number of pyridine rings is 1. The molecule has 1 aromatic carbocycles. The first-order chi connectivity index (χ1) is 10.3. The number of rotatable bonds is 3. The Bertz CT molecular complexity index is 619. The predicted molar refractivity (Wildman–Crippen MR) is 80.7 cm³/mol. The topological polar surface area (TPSA) is 57.9 Å². The highest BCUT2D eigenvalue weighted by Gasteiger charge is 2.23. The molecule has 2 atom stereocenters. The summed E-state index contributed by atoms with van der Waals surface area (Å²) in [4.78, 5) is 4.27. The molecule has 0 saturated carbocycles. The number of nitriles is 1. The standard InChI is InChI=1S/C17H17N3O/c18-11-13-6-7-17(19-12-13)20-15-8-9-21-16(10-15)14-4-2-1-3-5-14/h1-7,12,15-16H,8-10H2,(H,19,20). The second-order valence-electron chi connectivity index (χ2n) is 5.18. The predicted octanol–water partition coefficient (Wildman–Crippen LogP) is 3.29. The van der Waals surface area contributed by atoms with Gasteiger partial charge in [0.2, 0.25) is 0 Å². The number of ether oxygens (including phenoxy) is 1. The Hall–Kier alpha value is -2.38. The van der Waals surface area contributed by atoms with Gasteiger partial charge in [-0.2, -0.15) is 5.26 Å². The summed E-state index contributed by atoms with van der Waals surface area (Å²) in [6.07, 6.45) is 3.61. The van der Waals surface area contributed by atoms with Crippen molar-refractivity contribution in [2.24, 2.45) is 0 Å². The van der Waals surface area contributed by atoms with Crippen LogP contribution < -0.4 is 5.32 Å². The van der Waals surface area contributed by atoms with Crippen molar-refractivity contribution < 1.29 is 4.74 Å². The van der Waals surface area contributed by atoms with E-state index in [-0.39, 0.29) is 6.10 Å². The van der Waals surface area contributed by atoms with Gasteiger partial charge in [0.25, 0.3) is 0 Å². The van der Waals surface area contributed by atoms with E-state index in [0.29, 0.717) is 11.6 Å². The zero-order chi connectivity index (χ0) is 14.5. The molecule has 21 heavy (non-hydrogen) atoms. The van der Waals surface area contributed by atoms with E-state index in [9.17, 15) is 0 Å². The van der Waals surface area contributed by atoms with Crippen molar-refractivity contribution in [2.45, 2.75) is 25.0 Å². The fourth-order valence-corrected chi connectivity index (χ4v) is 2.58. The van der Waals surface area contributed by atoms with Crippen molar-refractivity contribution in [2.75, 3.05) is 11.9 Å². The normalized spacial score (nSPS) is 21.5. The van der Waals surface area contributed by atoms with Crippen molar-refractivity contribution in [1.29, 1.82) is 5.26 Å². The number of nitrogens with one attached hydrogen (secondary N) is 1. The zero-order valence-electron chi connectivity index (χ0n) is 11.7. The molecule has 0 amide bonds. The molecule has 0 bridgehead atoms. The molecule has 4 heteroatoms. The summed E-state index contributed by atoms with van der Waals surface area (Å²) in [5.41, 5.74) is 1.80. The minimum atomic E-state index is 0.135. The lowest BCUT2D eigenvalue weighted by Crippen LogP contribution is -2.30. The minimum Gasteiger partial charge on any atom is -0.373 e. The van der Waals surface area contributed by atoms with E-state index in [0.717, 1.165) is 25.3 Å². The highest BCUT2D eigenvalue weighted by atomic mass is 16.5. The lowest BCUT2D eigenvalue weighted by atomic mass is 9.97. The number of hydrogen-bond donors (Lipinski definition) is 1. The van der Waals surface area contributed by atoms with Crippen molar-refractivity contribution in [3.63, 3.8) is 0 Å². The molecule has 2 aromatic rings.